The Hall–Kier alpha value is -4.98. The number of hydrogen-bond donors (Lipinski definition) is 0. The van der Waals surface area contributed by atoms with Crippen molar-refractivity contribution in [2.24, 2.45) is 5.92 Å². The highest BCUT2D eigenvalue weighted by atomic mass is 16.2. The van der Waals surface area contributed by atoms with Gasteiger partial charge in [-0.1, -0.05) is 97.1 Å². The van der Waals surface area contributed by atoms with Crippen molar-refractivity contribution in [1.29, 1.82) is 0 Å². The Morgan fingerprint density at radius 1 is 0.720 bits per heavy atom. The Bertz CT molecular complexity index is 2040. The molecule has 0 radical (unpaired) electrons. The van der Waals surface area contributed by atoms with Gasteiger partial charge in [0.1, 0.15) is 0 Å². The molecule has 2 saturated heterocycles. The minimum absolute atomic E-state index is 0.118. The maximum Gasteiger partial charge on any atom is 0.256 e. The number of likely N-dealkylation sites (N-methyl/N-ethyl adjacent to an activating group) is 1. The van der Waals surface area contributed by atoms with E-state index in [1.165, 1.54) is 46.0 Å². The molecular formula is C43H46N6O. The van der Waals surface area contributed by atoms with Crippen molar-refractivity contribution in [3.8, 4) is 22.3 Å². The fraction of sp³-hybridized carbons (Fsp3) is 0.302. The third kappa shape index (κ3) is 7.02. The lowest BCUT2D eigenvalue weighted by Gasteiger charge is -2.32. The van der Waals surface area contributed by atoms with Crippen molar-refractivity contribution in [2.75, 3.05) is 46.3 Å². The largest absolute Gasteiger partial charge is 0.347 e. The monoisotopic (exact) mass is 662 g/mol. The summed E-state index contributed by atoms with van der Waals surface area (Å²) < 4.78 is 4.53. The van der Waals surface area contributed by atoms with E-state index in [0.29, 0.717) is 12.5 Å². The van der Waals surface area contributed by atoms with E-state index in [-0.39, 0.29) is 5.91 Å². The molecule has 7 nitrogen and oxygen atoms in total. The number of carbonyl (C=O) groups is 1. The zero-order valence-corrected chi connectivity index (χ0v) is 29.0. The SMILES string of the molecule is CN1CCN(C(=O)c2cn(Cc3cncn3CC3CCN(Cc4ccc(-c5ccccc5)cc4)CC3)cc2-c2cccc3ccccc23)CC1. The number of aromatic nitrogens is 3. The molecule has 4 aromatic carbocycles. The van der Waals surface area contributed by atoms with E-state index in [9.17, 15) is 4.79 Å². The van der Waals surface area contributed by atoms with Crippen LogP contribution >= 0.6 is 0 Å². The number of piperazine rings is 1. The normalized spacial score (nSPS) is 16.3. The van der Waals surface area contributed by atoms with E-state index in [2.05, 4.69) is 140 Å². The van der Waals surface area contributed by atoms with Crippen LogP contribution in [0.2, 0.25) is 0 Å². The van der Waals surface area contributed by atoms with Crippen molar-refractivity contribution >= 4 is 16.7 Å². The van der Waals surface area contributed by atoms with Gasteiger partial charge in [-0.2, -0.15) is 0 Å². The van der Waals surface area contributed by atoms with E-state index in [4.69, 9.17) is 0 Å². The lowest BCUT2D eigenvalue weighted by Crippen LogP contribution is -2.47. The van der Waals surface area contributed by atoms with Crippen molar-refractivity contribution in [1.82, 2.24) is 28.8 Å². The number of fused-ring (bicyclic) bond motifs is 1. The number of piperidine rings is 1. The number of nitrogens with zero attached hydrogens (tertiary/aromatic N) is 6. The second-order valence-electron chi connectivity index (χ2n) is 14.2. The van der Waals surface area contributed by atoms with Crippen molar-refractivity contribution in [3.05, 3.63) is 139 Å². The first-order valence-electron chi connectivity index (χ1n) is 18.1. The van der Waals surface area contributed by atoms with Crippen LogP contribution in [-0.4, -0.2) is 81.0 Å². The lowest BCUT2D eigenvalue weighted by atomic mass is 9.96. The first-order valence-corrected chi connectivity index (χ1v) is 18.1. The van der Waals surface area contributed by atoms with Crippen molar-refractivity contribution in [3.63, 3.8) is 0 Å². The summed E-state index contributed by atoms with van der Waals surface area (Å²) in [6.07, 6.45) is 10.6. The molecule has 0 atom stereocenters. The molecule has 2 aliphatic heterocycles. The number of likely N-dealkylation sites (tertiary alicyclic amines) is 1. The first kappa shape index (κ1) is 32.2. The molecule has 254 valence electrons. The van der Waals surface area contributed by atoms with Gasteiger partial charge in [-0.15, -0.1) is 0 Å². The zero-order chi connectivity index (χ0) is 33.9. The molecule has 50 heavy (non-hydrogen) atoms. The van der Waals surface area contributed by atoms with Gasteiger partial charge < -0.3 is 18.9 Å². The highest BCUT2D eigenvalue weighted by Crippen LogP contribution is 2.33. The fourth-order valence-electron chi connectivity index (χ4n) is 7.75. The topological polar surface area (TPSA) is 49.5 Å². The first-order chi connectivity index (χ1) is 24.6. The Morgan fingerprint density at radius 3 is 2.24 bits per heavy atom. The van der Waals surface area contributed by atoms with E-state index < -0.39 is 0 Å². The van der Waals surface area contributed by atoms with Crippen LogP contribution in [0.3, 0.4) is 0 Å². The quantitative estimate of drug-likeness (QED) is 0.161. The summed E-state index contributed by atoms with van der Waals surface area (Å²) in [5, 5.41) is 2.35. The Kier molecular flexibility index (Phi) is 9.33. The summed E-state index contributed by atoms with van der Waals surface area (Å²) >= 11 is 0. The summed E-state index contributed by atoms with van der Waals surface area (Å²) in [7, 11) is 2.12. The average molecular weight is 663 g/mol. The predicted octanol–water partition coefficient (Wildman–Crippen LogP) is 7.52. The number of carbonyl (C=O) groups excluding carboxylic acids is 1. The molecule has 0 unspecified atom stereocenters. The molecule has 6 aromatic rings. The molecular weight excluding hydrogens is 617 g/mol. The summed E-state index contributed by atoms with van der Waals surface area (Å²) in [5.41, 5.74) is 7.96. The molecule has 0 aliphatic carbocycles. The van der Waals surface area contributed by atoms with Crippen LogP contribution in [0, 0.1) is 5.92 Å². The highest BCUT2D eigenvalue weighted by Gasteiger charge is 2.26. The number of amides is 1. The van der Waals surface area contributed by atoms with Crippen molar-refractivity contribution < 1.29 is 4.79 Å². The van der Waals surface area contributed by atoms with Crippen LogP contribution in [0.1, 0.15) is 34.5 Å². The molecule has 1 amide bonds. The third-order valence-corrected chi connectivity index (χ3v) is 10.8. The number of imidazole rings is 1. The second-order valence-corrected chi connectivity index (χ2v) is 14.2. The van der Waals surface area contributed by atoms with Gasteiger partial charge in [0.2, 0.25) is 0 Å². The summed E-state index contributed by atoms with van der Waals surface area (Å²) in [6.45, 7) is 8.16. The summed E-state index contributed by atoms with van der Waals surface area (Å²) in [4.78, 5) is 25.6. The standard InChI is InChI=1S/C43H46N6O/c1-45-22-24-48(25-23-45)43(50)42-31-47(30-41(42)40-13-7-11-37-10-5-6-12-39(37)40)29-38-26-44-32-49(38)28-34-18-20-46(21-19-34)27-33-14-16-36(17-15-33)35-8-3-2-4-9-35/h2-17,26,30-32,34H,18-25,27-29H2,1H3. The molecule has 8 rings (SSSR count). The molecule has 7 heteroatoms. The van der Waals surface area contributed by atoms with Crippen molar-refractivity contribution in [2.45, 2.75) is 32.5 Å². The Labute approximate surface area is 295 Å². The van der Waals surface area contributed by atoms with E-state index in [0.717, 1.165) is 69.0 Å². The van der Waals surface area contributed by atoms with E-state index in [1.807, 2.05) is 17.4 Å². The van der Waals surface area contributed by atoms with Gasteiger partial charge in [0, 0.05) is 63.4 Å². The van der Waals surface area contributed by atoms with Gasteiger partial charge in [0.25, 0.3) is 5.91 Å². The summed E-state index contributed by atoms with van der Waals surface area (Å²) in [5.74, 6) is 0.733. The minimum Gasteiger partial charge on any atom is -0.347 e. The van der Waals surface area contributed by atoms with Gasteiger partial charge >= 0.3 is 0 Å². The molecule has 0 spiro atoms. The molecule has 4 heterocycles. The zero-order valence-electron chi connectivity index (χ0n) is 29.0. The molecule has 2 aromatic heterocycles. The molecule has 0 saturated carbocycles. The highest BCUT2D eigenvalue weighted by molar-refractivity contribution is 6.06. The smallest absolute Gasteiger partial charge is 0.256 e. The van der Waals surface area contributed by atoms with E-state index >= 15 is 0 Å². The Balaban J connectivity index is 0.949. The van der Waals surface area contributed by atoms with Gasteiger partial charge in [-0.3, -0.25) is 9.69 Å². The Morgan fingerprint density at radius 2 is 1.44 bits per heavy atom. The fourth-order valence-corrected chi connectivity index (χ4v) is 7.75. The van der Waals surface area contributed by atoms with Gasteiger partial charge in [0.15, 0.2) is 0 Å². The second kappa shape index (κ2) is 14.5. The van der Waals surface area contributed by atoms with E-state index in [1.54, 1.807) is 0 Å². The van der Waals surface area contributed by atoms with Crippen LogP contribution in [-0.2, 0) is 19.6 Å². The average Bonchev–Trinajstić information content (AvgIpc) is 3.79. The number of benzene rings is 4. The number of hydrogen-bond acceptors (Lipinski definition) is 4. The minimum atomic E-state index is 0.118. The van der Waals surface area contributed by atoms with Gasteiger partial charge in [-0.05, 0) is 71.9 Å². The van der Waals surface area contributed by atoms with Crippen LogP contribution in [0.25, 0.3) is 33.0 Å². The van der Waals surface area contributed by atoms with Crippen LogP contribution in [0.15, 0.2) is 122 Å². The van der Waals surface area contributed by atoms with Gasteiger partial charge in [0.05, 0.1) is 24.1 Å². The number of rotatable bonds is 9. The van der Waals surface area contributed by atoms with Gasteiger partial charge in [-0.25, -0.2) is 4.98 Å². The molecule has 0 bridgehead atoms. The maximum atomic E-state index is 14.1. The summed E-state index contributed by atoms with van der Waals surface area (Å²) in [6, 6.07) is 34.5. The lowest BCUT2D eigenvalue weighted by molar-refractivity contribution is 0.0665. The third-order valence-electron chi connectivity index (χ3n) is 10.8. The van der Waals surface area contributed by atoms with Crippen LogP contribution < -0.4 is 0 Å². The molecule has 2 fully saturated rings. The molecule has 0 N–H and O–H groups in total. The predicted molar refractivity (Wildman–Crippen MR) is 202 cm³/mol. The molecule has 2 aliphatic rings. The maximum absolute atomic E-state index is 14.1. The van der Waals surface area contributed by atoms with Crippen LogP contribution in [0.5, 0.6) is 0 Å². The van der Waals surface area contributed by atoms with Crippen LogP contribution in [0.4, 0.5) is 0 Å².